The Morgan fingerprint density at radius 2 is 1.81 bits per heavy atom. The van der Waals surface area contributed by atoms with Crippen molar-refractivity contribution >= 4 is 16.8 Å². The number of benzene rings is 2. The lowest BCUT2D eigenvalue weighted by Crippen LogP contribution is -2.35. The van der Waals surface area contributed by atoms with Crippen molar-refractivity contribution in [2.45, 2.75) is 19.9 Å². The third-order valence-electron chi connectivity index (χ3n) is 4.47. The van der Waals surface area contributed by atoms with Gasteiger partial charge in [0, 0.05) is 20.2 Å². The minimum absolute atomic E-state index is 0.0416. The third kappa shape index (κ3) is 4.41. The summed E-state index contributed by atoms with van der Waals surface area (Å²) in [6, 6.07) is 15.1. The van der Waals surface area contributed by atoms with Crippen molar-refractivity contribution in [1.29, 1.82) is 0 Å². The molecule has 27 heavy (non-hydrogen) atoms. The van der Waals surface area contributed by atoms with Crippen LogP contribution in [0.5, 0.6) is 0 Å². The van der Waals surface area contributed by atoms with E-state index in [9.17, 15) is 9.59 Å². The molecule has 0 spiro atoms. The molecule has 0 bridgehead atoms. The summed E-state index contributed by atoms with van der Waals surface area (Å²) in [5.74, 6) is -0.283. The smallest absolute Gasteiger partial charge is 0.290 e. The molecule has 0 saturated heterocycles. The van der Waals surface area contributed by atoms with Gasteiger partial charge in [0.05, 0.1) is 17.5 Å². The van der Waals surface area contributed by atoms with Gasteiger partial charge in [-0.1, -0.05) is 43.3 Å². The van der Waals surface area contributed by atoms with Crippen molar-refractivity contribution in [3.8, 4) is 0 Å². The van der Waals surface area contributed by atoms with E-state index in [1.54, 1.807) is 36.3 Å². The lowest BCUT2D eigenvalue weighted by Gasteiger charge is -2.22. The molecule has 0 aliphatic carbocycles. The Morgan fingerprint density at radius 1 is 1.11 bits per heavy atom. The molecule has 3 aromatic rings. The number of carbonyl (C=O) groups excluding carboxylic acids is 1. The molecule has 0 saturated carbocycles. The number of fused-ring (bicyclic) bond motifs is 1. The Kier molecular flexibility index (Phi) is 5.98. The van der Waals surface area contributed by atoms with Crippen molar-refractivity contribution in [3.63, 3.8) is 0 Å². The van der Waals surface area contributed by atoms with Crippen LogP contribution in [0.4, 0.5) is 0 Å². The number of carbonyl (C=O) groups is 1. The molecule has 0 aliphatic heterocycles. The first-order valence-electron chi connectivity index (χ1n) is 8.97. The standard InChI is InChI=1S/C21H23N3O3/c1-3-15-8-10-16(11-9-15)14-24(12-13-27-2)21(26)19-22-18-7-5-4-6-17(18)20(25)23-19/h4-11H,3,12-14H2,1-2H3,(H,22,23,25). The van der Waals surface area contributed by atoms with Gasteiger partial charge in [-0.15, -0.1) is 0 Å². The molecule has 1 heterocycles. The van der Waals surface area contributed by atoms with Gasteiger partial charge in [0.2, 0.25) is 0 Å². The van der Waals surface area contributed by atoms with E-state index in [1.165, 1.54) is 5.56 Å². The molecular weight excluding hydrogens is 342 g/mol. The fourth-order valence-corrected chi connectivity index (χ4v) is 2.89. The van der Waals surface area contributed by atoms with Gasteiger partial charge >= 0.3 is 0 Å². The largest absolute Gasteiger partial charge is 0.383 e. The summed E-state index contributed by atoms with van der Waals surface area (Å²) in [5, 5.41) is 0.465. The van der Waals surface area contributed by atoms with Crippen LogP contribution in [0.1, 0.15) is 28.7 Å². The number of H-pyrrole nitrogens is 1. The second kappa shape index (κ2) is 8.60. The predicted molar refractivity (Wildman–Crippen MR) is 105 cm³/mol. The van der Waals surface area contributed by atoms with Crippen molar-refractivity contribution < 1.29 is 9.53 Å². The fraction of sp³-hybridized carbons (Fsp3) is 0.286. The Labute approximate surface area is 157 Å². The number of ether oxygens (including phenoxy) is 1. The van der Waals surface area contributed by atoms with Gasteiger partial charge in [0.15, 0.2) is 5.82 Å². The minimum Gasteiger partial charge on any atom is -0.383 e. The van der Waals surface area contributed by atoms with Crippen molar-refractivity contribution in [1.82, 2.24) is 14.9 Å². The van der Waals surface area contributed by atoms with Gasteiger partial charge in [-0.25, -0.2) is 4.98 Å². The molecule has 1 amide bonds. The molecule has 6 heteroatoms. The number of nitrogens with zero attached hydrogens (tertiary/aromatic N) is 2. The Hall–Kier alpha value is -2.99. The van der Waals surface area contributed by atoms with Crippen molar-refractivity contribution in [3.05, 3.63) is 75.8 Å². The third-order valence-corrected chi connectivity index (χ3v) is 4.47. The summed E-state index contributed by atoms with van der Waals surface area (Å²) in [4.78, 5) is 33.9. The van der Waals surface area contributed by atoms with Crippen LogP contribution in [0, 0.1) is 0 Å². The van der Waals surface area contributed by atoms with E-state index in [-0.39, 0.29) is 17.3 Å². The maximum atomic E-state index is 13.0. The van der Waals surface area contributed by atoms with E-state index in [0.29, 0.717) is 30.6 Å². The molecule has 0 aliphatic rings. The highest BCUT2D eigenvalue weighted by atomic mass is 16.5. The van der Waals surface area contributed by atoms with Crippen LogP contribution < -0.4 is 5.56 Å². The summed E-state index contributed by atoms with van der Waals surface area (Å²) in [6.45, 7) is 3.33. The molecule has 3 rings (SSSR count). The second-order valence-electron chi connectivity index (χ2n) is 6.32. The van der Waals surface area contributed by atoms with E-state index < -0.39 is 0 Å². The number of aromatic nitrogens is 2. The number of hydrogen-bond donors (Lipinski definition) is 1. The Morgan fingerprint density at radius 3 is 2.52 bits per heavy atom. The van der Waals surface area contributed by atoms with Crippen LogP contribution >= 0.6 is 0 Å². The molecule has 6 nitrogen and oxygen atoms in total. The van der Waals surface area contributed by atoms with E-state index in [0.717, 1.165) is 12.0 Å². The average molecular weight is 365 g/mol. The summed E-state index contributed by atoms with van der Waals surface area (Å²) in [5.41, 5.74) is 2.44. The number of para-hydroxylation sites is 1. The van der Waals surface area contributed by atoms with Gasteiger partial charge in [-0.2, -0.15) is 0 Å². The summed E-state index contributed by atoms with van der Waals surface area (Å²) < 4.78 is 5.14. The lowest BCUT2D eigenvalue weighted by molar-refractivity contribution is 0.0668. The maximum absolute atomic E-state index is 13.0. The number of hydrogen-bond acceptors (Lipinski definition) is 4. The minimum atomic E-state index is -0.325. The van der Waals surface area contributed by atoms with Gasteiger partial charge in [-0.05, 0) is 29.7 Å². The number of amides is 1. The molecular formula is C21H23N3O3. The van der Waals surface area contributed by atoms with Crippen molar-refractivity contribution in [2.75, 3.05) is 20.3 Å². The molecule has 140 valence electrons. The van der Waals surface area contributed by atoms with Crippen LogP contribution in [0.3, 0.4) is 0 Å². The lowest BCUT2D eigenvalue weighted by atomic mass is 10.1. The zero-order valence-electron chi connectivity index (χ0n) is 15.6. The molecule has 0 radical (unpaired) electrons. The molecule has 0 atom stereocenters. The van der Waals surface area contributed by atoms with Crippen LogP contribution in [0.2, 0.25) is 0 Å². The highest BCUT2D eigenvalue weighted by molar-refractivity contribution is 5.92. The highest BCUT2D eigenvalue weighted by Crippen LogP contribution is 2.12. The number of methoxy groups -OCH3 is 1. The first-order chi connectivity index (χ1) is 13.1. The summed E-state index contributed by atoms with van der Waals surface area (Å²) in [6.07, 6.45) is 0.967. The average Bonchev–Trinajstić information content (AvgIpc) is 2.71. The second-order valence-corrected chi connectivity index (χ2v) is 6.32. The zero-order valence-corrected chi connectivity index (χ0v) is 15.6. The first-order valence-corrected chi connectivity index (χ1v) is 8.97. The summed E-state index contributed by atoms with van der Waals surface area (Å²) in [7, 11) is 1.59. The maximum Gasteiger partial charge on any atom is 0.290 e. The van der Waals surface area contributed by atoms with Crippen LogP contribution in [0.15, 0.2) is 53.3 Å². The molecule has 0 fully saturated rings. The number of aromatic amines is 1. The number of rotatable bonds is 7. The molecule has 0 unspecified atom stereocenters. The Balaban J connectivity index is 1.89. The van der Waals surface area contributed by atoms with E-state index in [4.69, 9.17) is 4.74 Å². The van der Waals surface area contributed by atoms with Crippen LogP contribution in [-0.2, 0) is 17.7 Å². The number of nitrogens with one attached hydrogen (secondary N) is 1. The van der Waals surface area contributed by atoms with Gasteiger partial charge in [-0.3, -0.25) is 9.59 Å². The predicted octanol–water partition coefficient (Wildman–Crippen LogP) is 2.77. The van der Waals surface area contributed by atoms with Crippen molar-refractivity contribution in [2.24, 2.45) is 0 Å². The topological polar surface area (TPSA) is 75.3 Å². The first kappa shape index (κ1) is 18.8. The van der Waals surface area contributed by atoms with E-state index >= 15 is 0 Å². The molecule has 1 aromatic heterocycles. The van der Waals surface area contributed by atoms with E-state index in [1.807, 2.05) is 12.1 Å². The van der Waals surface area contributed by atoms with Gasteiger partial charge < -0.3 is 14.6 Å². The monoisotopic (exact) mass is 365 g/mol. The van der Waals surface area contributed by atoms with E-state index in [2.05, 4.69) is 29.0 Å². The van der Waals surface area contributed by atoms with Crippen LogP contribution in [-0.4, -0.2) is 41.0 Å². The van der Waals surface area contributed by atoms with Gasteiger partial charge in [0.25, 0.3) is 11.5 Å². The normalized spacial score (nSPS) is 10.9. The summed E-state index contributed by atoms with van der Waals surface area (Å²) >= 11 is 0. The highest BCUT2D eigenvalue weighted by Gasteiger charge is 2.19. The quantitative estimate of drug-likeness (QED) is 0.699. The zero-order chi connectivity index (χ0) is 19.2. The SMILES string of the molecule is CCc1ccc(CN(CCOC)C(=O)c2nc3ccccc3c(=O)[nH]2)cc1. The number of aryl methyl sites for hydroxylation is 1. The molecule has 1 N–H and O–H groups in total. The Bertz CT molecular complexity index is 980. The van der Waals surface area contributed by atoms with Gasteiger partial charge in [0.1, 0.15) is 0 Å². The molecule has 2 aromatic carbocycles. The van der Waals surface area contributed by atoms with Crippen LogP contribution in [0.25, 0.3) is 10.9 Å². The fourth-order valence-electron chi connectivity index (χ4n) is 2.89.